The summed E-state index contributed by atoms with van der Waals surface area (Å²) in [5, 5.41) is 0. The second-order valence-electron chi connectivity index (χ2n) is 3.57. The zero-order valence-electron chi connectivity index (χ0n) is 8.86. The predicted octanol–water partition coefficient (Wildman–Crippen LogP) is 4.03. The second kappa shape index (κ2) is 5.56. The maximum absolute atomic E-state index is 11.9. The first-order valence-corrected chi connectivity index (χ1v) is 6.63. The molecule has 4 heteroatoms. The molecule has 1 aromatic heterocycles. The van der Waals surface area contributed by atoms with Gasteiger partial charge in [-0.1, -0.05) is 28.1 Å². The van der Waals surface area contributed by atoms with E-state index in [1.165, 1.54) is 0 Å². The molecule has 0 fully saturated rings. The third-order valence-electron chi connectivity index (χ3n) is 2.30. The fourth-order valence-corrected chi connectivity index (χ4v) is 1.91. The highest BCUT2D eigenvalue weighted by Gasteiger charge is 2.07. The Morgan fingerprint density at radius 2 is 1.65 bits per heavy atom. The molecule has 0 amide bonds. The van der Waals surface area contributed by atoms with Gasteiger partial charge in [-0.05, 0) is 40.2 Å². The van der Waals surface area contributed by atoms with Gasteiger partial charge >= 0.3 is 0 Å². The number of ketones is 1. The van der Waals surface area contributed by atoms with Gasteiger partial charge in [-0.15, -0.1) is 0 Å². The van der Waals surface area contributed by atoms with Crippen LogP contribution in [0.3, 0.4) is 0 Å². The molecule has 0 spiro atoms. The predicted molar refractivity (Wildman–Crippen MR) is 74.1 cm³/mol. The summed E-state index contributed by atoms with van der Waals surface area (Å²) in [5.41, 5.74) is 1.49. The number of Topliss-reactive ketones (excluding diaryl/α,β-unsaturated/α-hetero) is 1. The monoisotopic (exact) mass is 353 g/mol. The minimum Gasteiger partial charge on any atom is -0.294 e. The Morgan fingerprint density at radius 3 is 2.24 bits per heavy atom. The molecule has 1 heterocycles. The first kappa shape index (κ1) is 12.5. The smallest absolute Gasteiger partial charge is 0.168 e. The standard InChI is InChI=1S/C13H9Br2NO/c14-10-3-1-9(2-4-10)13(17)7-12-6-5-11(15)8-16-12/h1-6,8H,7H2. The molecule has 0 N–H and O–H groups in total. The Morgan fingerprint density at radius 1 is 1.00 bits per heavy atom. The molecular weight excluding hydrogens is 346 g/mol. The number of rotatable bonds is 3. The molecule has 0 aliphatic rings. The summed E-state index contributed by atoms with van der Waals surface area (Å²) in [4.78, 5) is 16.1. The topological polar surface area (TPSA) is 30.0 Å². The van der Waals surface area contributed by atoms with E-state index in [1.807, 2.05) is 36.4 Å². The number of halogens is 2. The SMILES string of the molecule is O=C(Cc1ccc(Br)cn1)c1ccc(Br)cc1. The van der Waals surface area contributed by atoms with Gasteiger partial charge in [-0.2, -0.15) is 0 Å². The fraction of sp³-hybridized carbons (Fsp3) is 0.0769. The zero-order chi connectivity index (χ0) is 12.3. The fourth-order valence-electron chi connectivity index (χ4n) is 1.41. The molecule has 2 aromatic rings. The van der Waals surface area contributed by atoms with E-state index in [0.29, 0.717) is 12.0 Å². The lowest BCUT2D eigenvalue weighted by Crippen LogP contribution is -2.04. The van der Waals surface area contributed by atoms with Crippen molar-refractivity contribution in [1.82, 2.24) is 4.98 Å². The van der Waals surface area contributed by atoms with Gasteiger partial charge in [-0.3, -0.25) is 9.78 Å². The van der Waals surface area contributed by atoms with Crippen molar-refractivity contribution in [2.45, 2.75) is 6.42 Å². The van der Waals surface area contributed by atoms with Crippen LogP contribution in [0.5, 0.6) is 0 Å². The van der Waals surface area contributed by atoms with E-state index in [2.05, 4.69) is 36.8 Å². The van der Waals surface area contributed by atoms with Crippen LogP contribution in [-0.4, -0.2) is 10.8 Å². The lowest BCUT2D eigenvalue weighted by molar-refractivity contribution is 0.0992. The summed E-state index contributed by atoms with van der Waals surface area (Å²) in [7, 11) is 0. The van der Waals surface area contributed by atoms with E-state index in [1.54, 1.807) is 6.20 Å². The third-order valence-corrected chi connectivity index (χ3v) is 3.29. The van der Waals surface area contributed by atoms with Crippen LogP contribution in [0.2, 0.25) is 0 Å². The molecule has 0 aliphatic carbocycles. The number of hydrogen-bond donors (Lipinski definition) is 0. The van der Waals surface area contributed by atoms with Gasteiger partial charge < -0.3 is 0 Å². The Balaban J connectivity index is 2.11. The van der Waals surface area contributed by atoms with E-state index < -0.39 is 0 Å². The van der Waals surface area contributed by atoms with Crippen molar-refractivity contribution in [2.24, 2.45) is 0 Å². The van der Waals surface area contributed by atoms with Gasteiger partial charge in [-0.25, -0.2) is 0 Å². The molecule has 0 aliphatic heterocycles. The van der Waals surface area contributed by atoms with Crippen molar-refractivity contribution in [3.63, 3.8) is 0 Å². The average Bonchev–Trinajstić information content (AvgIpc) is 2.33. The summed E-state index contributed by atoms with van der Waals surface area (Å²) < 4.78 is 1.88. The van der Waals surface area contributed by atoms with E-state index in [-0.39, 0.29) is 5.78 Å². The lowest BCUT2D eigenvalue weighted by atomic mass is 10.1. The van der Waals surface area contributed by atoms with Crippen molar-refractivity contribution in [3.8, 4) is 0 Å². The molecular formula is C13H9Br2NO. The summed E-state index contributed by atoms with van der Waals surface area (Å²) >= 11 is 6.65. The number of carbonyl (C=O) groups excluding carboxylic acids is 1. The first-order valence-electron chi connectivity index (χ1n) is 5.04. The van der Waals surface area contributed by atoms with Crippen LogP contribution in [0.25, 0.3) is 0 Å². The van der Waals surface area contributed by atoms with Crippen molar-refractivity contribution in [3.05, 3.63) is 62.8 Å². The van der Waals surface area contributed by atoms with Crippen molar-refractivity contribution in [2.75, 3.05) is 0 Å². The molecule has 86 valence electrons. The van der Waals surface area contributed by atoms with Crippen molar-refractivity contribution in [1.29, 1.82) is 0 Å². The Labute approximate surface area is 116 Å². The highest BCUT2D eigenvalue weighted by molar-refractivity contribution is 9.10. The quantitative estimate of drug-likeness (QED) is 0.779. The highest BCUT2D eigenvalue weighted by Crippen LogP contribution is 2.13. The number of pyridine rings is 1. The molecule has 0 saturated carbocycles. The number of aromatic nitrogens is 1. The van der Waals surface area contributed by atoms with Crippen LogP contribution in [0.1, 0.15) is 16.1 Å². The summed E-state index contributed by atoms with van der Waals surface area (Å²) in [6, 6.07) is 11.1. The van der Waals surface area contributed by atoms with Gasteiger partial charge in [0.05, 0.1) is 6.42 Å². The second-order valence-corrected chi connectivity index (χ2v) is 5.41. The van der Waals surface area contributed by atoms with E-state index in [9.17, 15) is 4.79 Å². The largest absolute Gasteiger partial charge is 0.294 e. The molecule has 17 heavy (non-hydrogen) atoms. The van der Waals surface area contributed by atoms with Crippen LogP contribution >= 0.6 is 31.9 Å². The Bertz CT molecular complexity index is 520. The number of benzene rings is 1. The molecule has 0 atom stereocenters. The first-order chi connectivity index (χ1) is 8.15. The Kier molecular flexibility index (Phi) is 4.07. The summed E-state index contributed by atoms with van der Waals surface area (Å²) in [6.07, 6.45) is 2.03. The Hall–Kier alpha value is -1.00. The van der Waals surface area contributed by atoms with E-state index in [4.69, 9.17) is 0 Å². The van der Waals surface area contributed by atoms with Gasteiger partial charge in [0.2, 0.25) is 0 Å². The van der Waals surface area contributed by atoms with Gasteiger partial charge in [0.1, 0.15) is 0 Å². The highest BCUT2D eigenvalue weighted by atomic mass is 79.9. The lowest BCUT2D eigenvalue weighted by Gasteiger charge is -2.01. The van der Waals surface area contributed by atoms with Gasteiger partial charge in [0, 0.05) is 26.4 Å². The van der Waals surface area contributed by atoms with Crippen LogP contribution in [0.4, 0.5) is 0 Å². The van der Waals surface area contributed by atoms with Crippen LogP contribution in [0.15, 0.2) is 51.5 Å². The van der Waals surface area contributed by atoms with Gasteiger partial charge in [0.15, 0.2) is 5.78 Å². The minimum atomic E-state index is 0.0762. The summed E-state index contributed by atoms with van der Waals surface area (Å²) in [5.74, 6) is 0.0762. The number of carbonyl (C=O) groups is 1. The molecule has 0 unspecified atom stereocenters. The van der Waals surface area contributed by atoms with Crippen LogP contribution in [-0.2, 0) is 6.42 Å². The minimum absolute atomic E-state index is 0.0762. The van der Waals surface area contributed by atoms with Crippen LogP contribution in [0, 0.1) is 0 Å². The maximum Gasteiger partial charge on any atom is 0.168 e. The van der Waals surface area contributed by atoms with Crippen molar-refractivity contribution >= 4 is 37.6 Å². The molecule has 1 aromatic carbocycles. The average molecular weight is 355 g/mol. The van der Waals surface area contributed by atoms with Gasteiger partial charge in [0.25, 0.3) is 0 Å². The normalized spacial score (nSPS) is 10.2. The van der Waals surface area contributed by atoms with Crippen LogP contribution < -0.4 is 0 Å². The maximum atomic E-state index is 11.9. The number of nitrogens with zero attached hydrogens (tertiary/aromatic N) is 1. The molecule has 0 radical (unpaired) electrons. The molecule has 0 saturated heterocycles. The van der Waals surface area contributed by atoms with E-state index in [0.717, 1.165) is 14.6 Å². The zero-order valence-corrected chi connectivity index (χ0v) is 12.0. The van der Waals surface area contributed by atoms with E-state index >= 15 is 0 Å². The summed E-state index contributed by atoms with van der Waals surface area (Å²) in [6.45, 7) is 0. The molecule has 2 rings (SSSR count). The van der Waals surface area contributed by atoms with Crippen molar-refractivity contribution < 1.29 is 4.79 Å². The number of hydrogen-bond acceptors (Lipinski definition) is 2. The molecule has 0 bridgehead atoms. The third kappa shape index (κ3) is 3.48. The molecule has 2 nitrogen and oxygen atoms in total.